The van der Waals surface area contributed by atoms with Gasteiger partial charge in [0, 0.05) is 13.1 Å². The molecule has 2 rings (SSSR count). The fourth-order valence-electron chi connectivity index (χ4n) is 3.29. The van der Waals surface area contributed by atoms with Crippen molar-refractivity contribution >= 4 is 15.9 Å². The minimum Gasteiger partial charge on any atom is -0.353 e. The number of nitrogens with zero attached hydrogens (tertiary/aromatic N) is 2. The van der Waals surface area contributed by atoms with Crippen LogP contribution in [-0.2, 0) is 21.2 Å². The number of hydrogen-bond donors (Lipinski definition) is 1. The van der Waals surface area contributed by atoms with Crippen LogP contribution in [-0.4, -0.2) is 63.0 Å². The molecule has 0 aliphatic carbocycles. The molecule has 1 fully saturated rings. The van der Waals surface area contributed by atoms with Gasteiger partial charge in [0.2, 0.25) is 15.9 Å². The van der Waals surface area contributed by atoms with E-state index in [2.05, 4.69) is 41.4 Å². The molecule has 0 saturated carbocycles. The number of hydrogen-bond acceptors (Lipinski definition) is 4. The SMILES string of the molecule is CCc1ccc(C(CNC(=O)C2CCCN2S(C)(=O)=O)N(C)C)cc1. The lowest BCUT2D eigenvalue weighted by Crippen LogP contribution is -2.47. The van der Waals surface area contributed by atoms with Crippen molar-refractivity contribution in [3.63, 3.8) is 0 Å². The summed E-state index contributed by atoms with van der Waals surface area (Å²) < 4.78 is 24.9. The summed E-state index contributed by atoms with van der Waals surface area (Å²) in [6.45, 7) is 2.99. The molecule has 0 spiro atoms. The molecular formula is C18H29N3O3S. The van der Waals surface area contributed by atoms with E-state index in [0.29, 0.717) is 19.5 Å². The van der Waals surface area contributed by atoms with E-state index < -0.39 is 16.1 Å². The molecule has 1 aromatic carbocycles. The standard InChI is InChI=1S/C18H29N3O3S/c1-5-14-8-10-15(11-9-14)17(20(2)3)13-19-18(22)16-7-6-12-21(16)25(4,23)24/h8-11,16-17H,5-7,12-13H2,1-4H3,(H,19,22). The molecule has 25 heavy (non-hydrogen) atoms. The van der Waals surface area contributed by atoms with Crippen LogP contribution in [0.4, 0.5) is 0 Å². The van der Waals surface area contributed by atoms with Crippen molar-refractivity contribution in [2.24, 2.45) is 0 Å². The van der Waals surface area contributed by atoms with Crippen molar-refractivity contribution < 1.29 is 13.2 Å². The van der Waals surface area contributed by atoms with Gasteiger partial charge in [-0.15, -0.1) is 0 Å². The molecule has 1 amide bonds. The number of carbonyl (C=O) groups excluding carboxylic acids is 1. The van der Waals surface area contributed by atoms with Gasteiger partial charge in [0.25, 0.3) is 0 Å². The summed E-state index contributed by atoms with van der Waals surface area (Å²) in [4.78, 5) is 14.6. The lowest BCUT2D eigenvalue weighted by Gasteiger charge is -2.27. The summed E-state index contributed by atoms with van der Waals surface area (Å²) in [5.74, 6) is -0.208. The normalized spacial score (nSPS) is 20.0. The average molecular weight is 368 g/mol. The Labute approximate surface area is 151 Å². The van der Waals surface area contributed by atoms with E-state index in [0.717, 1.165) is 24.7 Å². The van der Waals surface area contributed by atoms with E-state index in [9.17, 15) is 13.2 Å². The minimum absolute atomic E-state index is 0.0444. The topological polar surface area (TPSA) is 69.7 Å². The van der Waals surface area contributed by atoms with Crippen LogP contribution in [0, 0.1) is 0 Å². The third kappa shape index (κ3) is 5.03. The van der Waals surface area contributed by atoms with Crippen molar-refractivity contribution in [3.05, 3.63) is 35.4 Å². The van der Waals surface area contributed by atoms with Crippen LogP contribution in [0.2, 0.25) is 0 Å². The van der Waals surface area contributed by atoms with Gasteiger partial charge in [-0.25, -0.2) is 8.42 Å². The first-order chi connectivity index (χ1) is 11.7. The summed E-state index contributed by atoms with van der Waals surface area (Å²) >= 11 is 0. The maximum atomic E-state index is 12.5. The lowest BCUT2D eigenvalue weighted by atomic mass is 10.0. The molecule has 6 nitrogen and oxygen atoms in total. The molecule has 2 atom stereocenters. The molecule has 1 aromatic rings. The molecule has 0 bridgehead atoms. The first-order valence-electron chi connectivity index (χ1n) is 8.73. The number of sulfonamides is 1. The zero-order valence-corrected chi connectivity index (χ0v) is 16.3. The van der Waals surface area contributed by atoms with E-state index in [1.807, 2.05) is 14.1 Å². The van der Waals surface area contributed by atoms with Crippen molar-refractivity contribution in [1.29, 1.82) is 0 Å². The fourth-order valence-corrected chi connectivity index (χ4v) is 4.41. The molecule has 1 heterocycles. The molecular weight excluding hydrogens is 338 g/mol. The van der Waals surface area contributed by atoms with E-state index >= 15 is 0 Å². The van der Waals surface area contributed by atoms with E-state index in [4.69, 9.17) is 0 Å². The van der Waals surface area contributed by atoms with Gasteiger partial charge in [-0.1, -0.05) is 31.2 Å². The van der Waals surface area contributed by atoms with Crippen LogP contribution in [0.15, 0.2) is 24.3 Å². The van der Waals surface area contributed by atoms with Crippen LogP contribution in [0.5, 0.6) is 0 Å². The number of amides is 1. The van der Waals surface area contributed by atoms with Crippen molar-refractivity contribution in [1.82, 2.24) is 14.5 Å². The number of carbonyl (C=O) groups is 1. The Bertz CT molecular complexity index is 686. The highest BCUT2D eigenvalue weighted by Gasteiger charge is 2.36. The molecule has 140 valence electrons. The largest absolute Gasteiger partial charge is 0.353 e. The van der Waals surface area contributed by atoms with Crippen LogP contribution in [0.3, 0.4) is 0 Å². The maximum absolute atomic E-state index is 12.5. The Kier molecular flexibility index (Phi) is 6.59. The molecule has 1 aliphatic heterocycles. The molecule has 1 saturated heterocycles. The molecule has 0 radical (unpaired) electrons. The number of aryl methyl sites for hydroxylation is 1. The van der Waals surface area contributed by atoms with Crippen LogP contribution >= 0.6 is 0 Å². The van der Waals surface area contributed by atoms with E-state index in [-0.39, 0.29) is 11.9 Å². The number of likely N-dealkylation sites (N-methyl/N-ethyl adjacent to an activating group) is 1. The Balaban J connectivity index is 2.04. The Morgan fingerprint density at radius 2 is 1.96 bits per heavy atom. The van der Waals surface area contributed by atoms with Gasteiger partial charge in [-0.05, 0) is 44.5 Å². The highest BCUT2D eigenvalue weighted by atomic mass is 32.2. The summed E-state index contributed by atoms with van der Waals surface area (Å²) in [5, 5.41) is 2.95. The predicted molar refractivity (Wildman–Crippen MR) is 99.8 cm³/mol. The summed E-state index contributed by atoms with van der Waals surface area (Å²) in [7, 11) is 0.601. The van der Waals surface area contributed by atoms with Gasteiger partial charge in [-0.2, -0.15) is 4.31 Å². The predicted octanol–water partition coefficient (Wildman–Crippen LogP) is 1.39. The molecule has 0 aromatic heterocycles. The third-order valence-electron chi connectivity index (χ3n) is 4.80. The minimum atomic E-state index is -3.35. The first-order valence-corrected chi connectivity index (χ1v) is 10.6. The Hall–Kier alpha value is -1.44. The van der Waals surface area contributed by atoms with Gasteiger partial charge < -0.3 is 10.2 Å². The zero-order chi connectivity index (χ0) is 18.6. The Morgan fingerprint density at radius 1 is 1.32 bits per heavy atom. The fraction of sp³-hybridized carbons (Fsp3) is 0.611. The Morgan fingerprint density at radius 3 is 2.48 bits per heavy atom. The highest BCUT2D eigenvalue weighted by molar-refractivity contribution is 7.88. The van der Waals surface area contributed by atoms with Crippen LogP contribution in [0.25, 0.3) is 0 Å². The number of rotatable bonds is 7. The van der Waals surface area contributed by atoms with Gasteiger partial charge in [0.15, 0.2) is 0 Å². The molecule has 1 N–H and O–H groups in total. The van der Waals surface area contributed by atoms with Crippen LogP contribution < -0.4 is 5.32 Å². The van der Waals surface area contributed by atoms with Gasteiger partial charge >= 0.3 is 0 Å². The first kappa shape index (κ1) is 19.9. The van der Waals surface area contributed by atoms with E-state index in [1.54, 1.807) is 0 Å². The van der Waals surface area contributed by atoms with Crippen molar-refractivity contribution in [3.8, 4) is 0 Å². The molecule has 2 unspecified atom stereocenters. The number of nitrogens with one attached hydrogen (secondary N) is 1. The second-order valence-corrected chi connectivity index (χ2v) is 8.79. The monoisotopic (exact) mass is 367 g/mol. The maximum Gasteiger partial charge on any atom is 0.238 e. The summed E-state index contributed by atoms with van der Waals surface area (Å²) in [6.07, 6.45) is 3.46. The lowest BCUT2D eigenvalue weighted by molar-refractivity contribution is -0.124. The summed E-state index contributed by atoms with van der Waals surface area (Å²) in [5.41, 5.74) is 2.41. The van der Waals surface area contributed by atoms with Crippen molar-refractivity contribution in [2.45, 2.75) is 38.3 Å². The second-order valence-electron chi connectivity index (χ2n) is 6.85. The average Bonchev–Trinajstić information content (AvgIpc) is 3.05. The van der Waals surface area contributed by atoms with Crippen LogP contribution in [0.1, 0.15) is 36.9 Å². The quantitative estimate of drug-likeness (QED) is 0.791. The summed E-state index contributed by atoms with van der Waals surface area (Å²) in [6, 6.07) is 7.86. The third-order valence-corrected chi connectivity index (χ3v) is 6.09. The van der Waals surface area contributed by atoms with Gasteiger partial charge in [0.05, 0.1) is 12.3 Å². The van der Waals surface area contributed by atoms with Crippen molar-refractivity contribution in [2.75, 3.05) is 33.4 Å². The highest BCUT2D eigenvalue weighted by Crippen LogP contribution is 2.22. The smallest absolute Gasteiger partial charge is 0.238 e. The van der Waals surface area contributed by atoms with E-state index in [1.165, 1.54) is 9.87 Å². The molecule has 7 heteroatoms. The molecule has 1 aliphatic rings. The van der Waals surface area contributed by atoms with Gasteiger partial charge in [-0.3, -0.25) is 4.79 Å². The zero-order valence-electron chi connectivity index (χ0n) is 15.5. The second kappa shape index (κ2) is 8.29. The van der Waals surface area contributed by atoms with Gasteiger partial charge in [0.1, 0.15) is 6.04 Å². The number of benzene rings is 1.